The Morgan fingerprint density at radius 1 is 0.905 bits per heavy atom. The number of carbonyl (C=O) groups excluding carboxylic acids is 1. The molecular weight excluding hydrogens is 284 g/mol. The lowest BCUT2D eigenvalue weighted by molar-refractivity contribution is 0.104. The van der Waals surface area contributed by atoms with Gasteiger partial charge in [0.1, 0.15) is 11.5 Å². The van der Waals surface area contributed by atoms with Gasteiger partial charge in [-0.25, -0.2) is 0 Å². The fourth-order valence-electron chi connectivity index (χ4n) is 2.06. The third-order valence-corrected chi connectivity index (χ3v) is 4.25. The van der Waals surface area contributed by atoms with Crippen molar-refractivity contribution in [1.29, 1.82) is 0 Å². The van der Waals surface area contributed by atoms with E-state index in [1.54, 1.807) is 6.07 Å². The predicted molar refractivity (Wildman–Crippen MR) is 83.0 cm³/mol. The summed E-state index contributed by atoms with van der Waals surface area (Å²) >= 11 is 1.38. The quantitative estimate of drug-likeness (QED) is 0.717. The number of aromatic hydroxyl groups is 2. The molecule has 1 aromatic heterocycles. The van der Waals surface area contributed by atoms with Crippen LogP contribution in [-0.2, 0) is 0 Å². The molecule has 0 aliphatic carbocycles. The summed E-state index contributed by atoms with van der Waals surface area (Å²) in [6.07, 6.45) is 0. The van der Waals surface area contributed by atoms with Gasteiger partial charge in [-0.15, -0.1) is 11.3 Å². The first kappa shape index (κ1) is 13.4. The van der Waals surface area contributed by atoms with Crippen molar-refractivity contribution in [2.45, 2.75) is 0 Å². The average molecular weight is 296 g/mol. The predicted octanol–water partition coefficient (Wildman–Crippen LogP) is 4.06. The molecule has 0 bridgehead atoms. The lowest BCUT2D eigenvalue weighted by atomic mass is 10.1. The molecule has 4 heteroatoms. The molecule has 0 spiro atoms. The minimum Gasteiger partial charge on any atom is -0.508 e. The molecule has 0 aliphatic heterocycles. The Morgan fingerprint density at radius 3 is 2.38 bits per heavy atom. The summed E-state index contributed by atoms with van der Waals surface area (Å²) in [4.78, 5) is 13.9. The van der Waals surface area contributed by atoms with Crippen LogP contribution in [0.4, 0.5) is 0 Å². The van der Waals surface area contributed by atoms with Crippen LogP contribution < -0.4 is 0 Å². The highest BCUT2D eigenvalue weighted by atomic mass is 32.1. The van der Waals surface area contributed by atoms with Crippen LogP contribution in [0.1, 0.15) is 15.2 Å². The van der Waals surface area contributed by atoms with E-state index in [0.29, 0.717) is 4.88 Å². The van der Waals surface area contributed by atoms with E-state index in [1.807, 2.05) is 36.4 Å². The van der Waals surface area contributed by atoms with E-state index in [4.69, 9.17) is 0 Å². The second-order valence-corrected chi connectivity index (χ2v) is 5.64. The first-order valence-electron chi connectivity index (χ1n) is 6.37. The van der Waals surface area contributed by atoms with Crippen molar-refractivity contribution in [3.63, 3.8) is 0 Å². The fourth-order valence-corrected chi connectivity index (χ4v) is 3.03. The second kappa shape index (κ2) is 5.42. The van der Waals surface area contributed by atoms with Crippen molar-refractivity contribution in [2.75, 3.05) is 0 Å². The van der Waals surface area contributed by atoms with Crippen LogP contribution >= 0.6 is 11.3 Å². The maximum Gasteiger partial charge on any atom is 0.206 e. The summed E-state index contributed by atoms with van der Waals surface area (Å²) in [5.74, 6) is -0.533. The zero-order valence-electron chi connectivity index (χ0n) is 11.0. The molecule has 2 aromatic carbocycles. The van der Waals surface area contributed by atoms with Gasteiger partial charge in [0.15, 0.2) is 0 Å². The molecular formula is C17H12O3S. The van der Waals surface area contributed by atoms with Gasteiger partial charge in [0.2, 0.25) is 5.78 Å². The Balaban J connectivity index is 1.94. The van der Waals surface area contributed by atoms with Crippen LogP contribution in [-0.4, -0.2) is 16.0 Å². The van der Waals surface area contributed by atoms with Crippen LogP contribution in [0.2, 0.25) is 0 Å². The third kappa shape index (κ3) is 2.66. The molecule has 3 rings (SSSR count). The Morgan fingerprint density at radius 2 is 1.67 bits per heavy atom. The number of phenolic OH excluding ortho intramolecular Hbond substituents is 2. The standard InChI is InChI=1S/C17H12O3S/c18-12-6-7-13(14(19)10-12)17(20)16-9-8-15(21-16)11-4-2-1-3-5-11/h1-10,18-19H. The van der Waals surface area contributed by atoms with Crippen molar-refractivity contribution in [1.82, 2.24) is 0 Å². The van der Waals surface area contributed by atoms with Gasteiger partial charge in [-0.2, -0.15) is 0 Å². The highest BCUT2D eigenvalue weighted by Crippen LogP contribution is 2.31. The van der Waals surface area contributed by atoms with Gasteiger partial charge in [-0.3, -0.25) is 4.79 Å². The molecule has 0 fully saturated rings. The maximum absolute atomic E-state index is 12.4. The first-order chi connectivity index (χ1) is 10.1. The topological polar surface area (TPSA) is 57.5 Å². The molecule has 21 heavy (non-hydrogen) atoms. The number of thiophene rings is 1. The average Bonchev–Trinajstić information content (AvgIpc) is 2.97. The zero-order chi connectivity index (χ0) is 14.8. The van der Waals surface area contributed by atoms with Crippen LogP contribution in [0.25, 0.3) is 10.4 Å². The smallest absolute Gasteiger partial charge is 0.206 e. The molecule has 2 N–H and O–H groups in total. The van der Waals surface area contributed by atoms with Crippen molar-refractivity contribution in [3.05, 3.63) is 71.1 Å². The number of benzene rings is 2. The molecule has 104 valence electrons. The number of phenols is 2. The lowest BCUT2D eigenvalue weighted by Crippen LogP contribution is -1.98. The Labute approximate surface area is 125 Å². The maximum atomic E-state index is 12.4. The van der Waals surface area contributed by atoms with Crippen molar-refractivity contribution in [2.24, 2.45) is 0 Å². The first-order valence-corrected chi connectivity index (χ1v) is 7.19. The normalized spacial score (nSPS) is 10.5. The second-order valence-electron chi connectivity index (χ2n) is 4.56. The van der Waals surface area contributed by atoms with E-state index < -0.39 is 0 Å². The van der Waals surface area contributed by atoms with Gasteiger partial charge in [-0.1, -0.05) is 30.3 Å². The van der Waals surface area contributed by atoms with Crippen LogP contribution in [0.3, 0.4) is 0 Å². The van der Waals surface area contributed by atoms with Gasteiger partial charge in [0.05, 0.1) is 10.4 Å². The number of hydrogen-bond donors (Lipinski definition) is 2. The van der Waals surface area contributed by atoms with Crippen LogP contribution in [0.5, 0.6) is 11.5 Å². The van der Waals surface area contributed by atoms with Crippen LogP contribution in [0, 0.1) is 0 Å². The minimum absolute atomic E-state index is 0.0693. The Kier molecular flexibility index (Phi) is 3.46. The van der Waals surface area contributed by atoms with E-state index >= 15 is 0 Å². The summed E-state index contributed by atoms with van der Waals surface area (Å²) in [5, 5.41) is 19.0. The zero-order valence-corrected chi connectivity index (χ0v) is 11.8. The Bertz CT molecular complexity index is 791. The molecule has 3 nitrogen and oxygen atoms in total. The van der Waals surface area contributed by atoms with E-state index in [2.05, 4.69) is 0 Å². The van der Waals surface area contributed by atoms with E-state index in [1.165, 1.54) is 29.5 Å². The van der Waals surface area contributed by atoms with E-state index in [0.717, 1.165) is 10.4 Å². The summed E-state index contributed by atoms with van der Waals surface area (Å²) in [6.45, 7) is 0. The highest BCUT2D eigenvalue weighted by Gasteiger charge is 2.16. The monoisotopic (exact) mass is 296 g/mol. The van der Waals surface area contributed by atoms with Gasteiger partial charge in [-0.05, 0) is 29.8 Å². The molecule has 0 unspecified atom stereocenters. The van der Waals surface area contributed by atoms with Crippen molar-refractivity contribution >= 4 is 17.1 Å². The number of rotatable bonds is 3. The number of carbonyl (C=O) groups is 1. The van der Waals surface area contributed by atoms with Gasteiger partial charge in [0.25, 0.3) is 0 Å². The molecule has 0 saturated carbocycles. The molecule has 0 amide bonds. The summed E-state index contributed by atoms with van der Waals surface area (Å²) < 4.78 is 0. The van der Waals surface area contributed by atoms with Crippen molar-refractivity contribution < 1.29 is 15.0 Å². The minimum atomic E-state index is -0.250. The molecule has 0 saturated heterocycles. The summed E-state index contributed by atoms with van der Waals surface area (Å²) in [6, 6.07) is 17.4. The molecule has 3 aromatic rings. The summed E-state index contributed by atoms with van der Waals surface area (Å²) in [7, 11) is 0. The van der Waals surface area contributed by atoms with Gasteiger partial charge >= 0.3 is 0 Å². The molecule has 0 radical (unpaired) electrons. The number of ketones is 1. The van der Waals surface area contributed by atoms with E-state index in [9.17, 15) is 15.0 Å². The molecule has 0 aliphatic rings. The number of hydrogen-bond acceptors (Lipinski definition) is 4. The van der Waals surface area contributed by atoms with Crippen molar-refractivity contribution in [3.8, 4) is 21.9 Å². The van der Waals surface area contributed by atoms with E-state index in [-0.39, 0.29) is 22.8 Å². The molecule has 1 heterocycles. The Hall–Kier alpha value is -2.59. The van der Waals surface area contributed by atoms with Gasteiger partial charge < -0.3 is 10.2 Å². The van der Waals surface area contributed by atoms with Crippen LogP contribution in [0.15, 0.2) is 60.7 Å². The fraction of sp³-hybridized carbons (Fsp3) is 0. The SMILES string of the molecule is O=C(c1ccc(-c2ccccc2)s1)c1ccc(O)cc1O. The summed E-state index contributed by atoms with van der Waals surface area (Å²) in [5.41, 5.74) is 1.24. The molecule has 0 atom stereocenters. The highest BCUT2D eigenvalue weighted by molar-refractivity contribution is 7.17. The lowest BCUT2D eigenvalue weighted by Gasteiger charge is -2.02. The van der Waals surface area contributed by atoms with Gasteiger partial charge in [0, 0.05) is 10.9 Å². The third-order valence-electron chi connectivity index (χ3n) is 3.11. The largest absolute Gasteiger partial charge is 0.508 e.